The van der Waals surface area contributed by atoms with Crippen molar-refractivity contribution >= 4 is 46.2 Å². The van der Waals surface area contributed by atoms with Gasteiger partial charge in [-0.2, -0.15) is 0 Å². The molecular formula is C19H22ClIN2O. The summed E-state index contributed by atoms with van der Waals surface area (Å²) in [4.78, 5) is 6.67. The minimum absolute atomic E-state index is 0.673. The Kier molecular flexibility index (Phi) is 6.92. The molecule has 0 heterocycles. The van der Waals surface area contributed by atoms with Crippen LogP contribution in [0, 0.1) is 17.4 Å². The topological polar surface area (TPSA) is 24.8 Å². The number of rotatable bonds is 6. The van der Waals surface area contributed by atoms with Crippen LogP contribution in [0.5, 0.6) is 11.5 Å². The molecule has 0 atom stereocenters. The van der Waals surface area contributed by atoms with Crippen LogP contribution in [0.2, 0.25) is 5.02 Å². The number of nitrogens with zero attached hydrogens (tertiary/aromatic N) is 2. The predicted molar refractivity (Wildman–Crippen MR) is 111 cm³/mol. The van der Waals surface area contributed by atoms with Gasteiger partial charge in [-0.25, -0.2) is 4.99 Å². The van der Waals surface area contributed by atoms with Crippen molar-refractivity contribution < 1.29 is 4.74 Å². The molecule has 0 aliphatic rings. The first-order valence-corrected chi connectivity index (χ1v) is 9.34. The zero-order valence-corrected chi connectivity index (χ0v) is 17.4. The zero-order chi connectivity index (χ0) is 17.7. The Labute approximate surface area is 162 Å². The first-order valence-electron chi connectivity index (χ1n) is 7.88. The third-order valence-corrected chi connectivity index (χ3v) is 4.37. The fraction of sp³-hybridized carbons (Fsp3) is 0.316. The molecule has 0 saturated carbocycles. The molecule has 0 N–H and O–H groups in total. The highest BCUT2D eigenvalue weighted by molar-refractivity contribution is 14.1. The number of hydrogen-bond acceptors (Lipinski definition) is 2. The van der Waals surface area contributed by atoms with Crippen LogP contribution in [0.1, 0.15) is 24.5 Å². The van der Waals surface area contributed by atoms with Crippen LogP contribution in [0.3, 0.4) is 0 Å². The van der Waals surface area contributed by atoms with Crippen molar-refractivity contribution in [2.24, 2.45) is 4.99 Å². The van der Waals surface area contributed by atoms with E-state index in [2.05, 4.69) is 45.5 Å². The van der Waals surface area contributed by atoms with Crippen LogP contribution in [0.15, 0.2) is 35.3 Å². The molecule has 0 bridgehead atoms. The van der Waals surface area contributed by atoms with E-state index >= 15 is 0 Å². The Hall–Kier alpha value is -1.27. The lowest BCUT2D eigenvalue weighted by atomic mass is 10.1. The molecule has 0 fully saturated rings. The van der Waals surface area contributed by atoms with Crippen LogP contribution in [0.4, 0.5) is 5.69 Å². The van der Waals surface area contributed by atoms with E-state index in [-0.39, 0.29) is 0 Å². The van der Waals surface area contributed by atoms with E-state index in [4.69, 9.17) is 16.3 Å². The first kappa shape index (κ1) is 19.1. The molecule has 24 heavy (non-hydrogen) atoms. The Bertz CT molecular complexity index is 726. The molecule has 0 spiro atoms. The van der Waals surface area contributed by atoms with Gasteiger partial charge in [0.05, 0.1) is 12.0 Å². The second kappa shape index (κ2) is 8.72. The Balaban J connectivity index is 2.23. The summed E-state index contributed by atoms with van der Waals surface area (Å²) in [5, 5.41) is 0.673. The SMILES string of the molecule is CCCN(C)/C=N/c1cc(C)c(Oc2cc(Cl)cc(I)c2)cc1C. The molecule has 128 valence electrons. The van der Waals surface area contributed by atoms with Gasteiger partial charge in [0, 0.05) is 22.2 Å². The van der Waals surface area contributed by atoms with Gasteiger partial charge in [0.15, 0.2) is 0 Å². The van der Waals surface area contributed by atoms with Gasteiger partial charge in [0.1, 0.15) is 11.5 Å². The minimum Gasteiger partial charge on any atom is -0.457 e. The summed E-state index contributed by atoms with van der Waals surface area (Å²) in [5.74, 6) is 1.57. The summed E-state index contributed by atoms with van der Waals surface area (Å²) in [7, 11) is 2.04. The Morgan fingerprint density at radius 2 is 1.92 bits per heavy atom. The van der Waals surface area contributed by atoms with E-state index in [1.807, 2.05) is 51.5 Å². The Morgan fingerprint density at radius 3 is 2.58 bits per heavy atom. The molecule has 0 radical (unpaired) electrons. The van der Waals surface area contributed by atoms with Gasteiger partial charge in [-0.1, -0.05) is 18.5 Å². The monoisotopic (exact) mass is 456 g/mol. The average molecular weight is 457 g/mol. The van der Waals surface area contributed by atoms with E-state index in [1.54, 1.807) is 0 Å². The number of benzene rings is 2. The van der Waals surface area contributed by atoms with Crippen molar-refractivity contribution in [2.75, 3.05) is 13.6 Å². The van der Waals surface area contributed by atoms with E-state index in [1.165, 1.54) is 0 Å². The summed E-state index contributed by atoms with van der Waals surface area (Å²) in [6, 6.07) is 9.76. The number of hydrogen-bond donors (Lipinski definition) is 0. The molecular weight excluding hydrogens is 435 g/mol. The van der Waals surface area contributed by atoms with Crippen molar-refractivity contribution in [1.29, 1.82) is 0 Å². The molecule has 5 heteroatoms. The fourth-order valence-corrected chi connectivity index (χ4v) is 3.36. The van der Waals surface area contributed by atoms with Gasteiger partial charge in [0.25, 0.3) is 0 Å². The van der Waals surface area contributed by atoms with Gasteiger partial charge in [0.2, 0.25) is 0 Å². The molecule has 2 aromatic rings. The predicted octanol–water partition coefficient (Wildman–Crippen LogP) is 6.36. The summed E-state index contributed by atoms with van der Waals surface area (Å²) >= 11 is 8.33. The normalized spacial score (nSPS) is 11.1. The largest absolute Gasteiger partial charge is 0.457 e. The number of halogens is 2. The van der Waals surface area contributed by atoms with Gasteiger partial charge in [-0.05, 0) is 84.3 Å². The van der Waals surface area contributed by atoms with Gasteiger partial charge < -0.3 is 9.64 Å². The van der Waals surface area contributed by atoms with Gasteiger partial charge in [-0.15, -0.1) is 0 Å². The van der Waals surface area contributed by atoms with Gasteiger partial charge in [-0.3, -0.25) is 0 Å². The molecule has 0 aliphatic heterocycles. The molecule has 3 nitrogen and oxygen atoms in total. The standard InChI is InChI=1S/C19H22ClIN2O/c1-5-6-23(4)12-22-18-7-14(3)19(8-13(18)2)24-17-10-15(20)9-16(21)11-17/h7-12H,5-6H2,1-4H3/b22-12+. The number of aryl methyl sites for hydroxylation is 2. The highest BCUT2D eigenvalue weighted by atomic mass is 127. The van der Waals surface area contributed by atoms with E-state index in [0.717, 1.165) is 44.8 Å². The third-order valence-electron chi connectivity index (χ3n) is 3.53. The maximum Gasteiger partial charge on any atom is 0.130 e. The summed E-state index contributed by atoms with van der Waals surface area (Å²) in [6.07, 6.45) is 2.98. The molecule has 0 aromatic heterocycles. The quantitative estimate of drug-likeness (QED) is 0.287. The van der Waals surface area contributed by atoms with Crippen molar-refractivity contribution in [3.8, 4) is 11.5 Å². The van der Waals surface area contributed by atoms with Crippen LogP contribution >= 0.6 is 34.2 Å². The first-order chi connectivity index (χ1) is 11.4. The summed E-state index contributed by atoms with van der Waals surface area (Å²) in [5.41, 5.74) is 3.08. The number of aliphatic imine (C=N–C) groups is 1. The van der Waals surface area contributed by atoms with Crippen molar-refractivity contribution in [3.63, 3.8) is 0 Å². The van der Waals surface area contributed by atoms with E-state index < -0.39 is 0 Å². The fourth-order valence-electron chi connectivity index (χ4n) is 2.31. The zero-order valence-electron chi connectivity index (χ0n) is 14.4. The maximum atomic E-state index is 6.10. The lowest BCUT2D eigenvalue weighted by Gasteiger charge is -2.13. The highest BCUT2D eigenvalue weighted by Crippen LogP contribution is 2.33. The van der Waals surface area contributed by atoms with Gasteiger partial charge >= 0.3 is 0 Å². The molecule has 0 saturated heterocycles. The average Bonchev–Trinajstić information content (AvgIpc) is 2.48. The molecule has 0 aliphatic carbocycles. The number of ether oxygens (including phenoxy) is 1. The van der Waals surface area contributed by atoms with Crippen LogP contribution in [-0.2, 0) is 0 Å². The van der Waals surface area contributed by atoms with Crippen molar-refractivity contribution in [1.82, 2.24) is 4.90 Å². The highest BCUT2D eigenvalue weighted by Gasteiger charge is 2.07. The second-order valence-electron chi connectivity index (χ2n) is 5.84. The lowest BCUT2D eigenvalue weighted by Crippen LogP contribution is -2.16. The minimum atomic E-state index is 0.673. The summed E-state index contributed by atoms with van der Waals surface area (Å²) in [6.45, 7) is 7.22. The van der Waals surface area contributed by atoms with Crippen molar-refractivity contribution in [3.05, 3.63) is 50.1 Å². The van der Waals surface area contributed by atoms with Crippen molar-refractivity contribution in [2.45, 2.75) is 27.2 Å². The maximum absolute atomic E-state index is 6.10. The van der Waals surface area contributed by atoms with E-state index in [0.29, 0.717) is 5.02 Å². The molecule has 0 amide bonds. The smallest absolute Gasteiger partial charge is 0.130 e. The summed E-state index contributed by atoms with van der Waals surface area (Å²) < 4.78 is 7.07. The van der Waals surface area contributed by atoms with Crippen LogP contribution < -0.4 is 4.74 Å². The molecule has 2 aromatic carbocycles. The Morgan fingerprint density at radius 1 is 1.17 bits per heavy atom. The molecule has 0 unspecified atom stereocenters. The lowest BCUT2D eigenvalue weighted by molar-refractivity contribution is 0.478. The van der Waals surface area contributed by atoms with Crippen LogP contribution in [-0.4, -0.2) is 24.8 Å². The van der Waals surface area contributed by atoms with E-state index in [9.17, 15) is 0 Å². The third kappa shape index (κ3) is 5.38. The van der Waals surface area contributed by atoms with Crippen LogP contribution in [0.25, 0.3) is 0 Å². The second-order valence-corrected chi connectivity index (χ2v) is 7.52. The molecule has 2 rings (SSSR count).